The van der Waals surface area contributed by atoms with Gasteiger partial charge in [0.1, 0.15) is 0 Å². The first-order chi connectivity index (χ1) is 16.8. The minimum atomic E-state index is -4.62. The van der Waals surface area contributed by atoms with Crippen molar-refractivity contribution in [3.63, 3.8) is 0 Å². The van der Waals surface area contributed by atoms with E-state index < -0.39 is 22.7 Å². The zero-order valence-electron chi connectivity index (χ0n) is 18.5. The Morgan fingerprint density at radius 1 is 1.03 bits per heavy atom. The lowest BCUT2D eigenvalue weighted by atomic mass is 10.1. The van der Waals surface area contributed by atoms with E-state index in [0.29, 0.717) is 11.0 Å². The number of thioether (sulfide) groups is 1. The van der Waals surface area contributed by atoms with Crippen LogP contribution in [0.4, 0.5) is 18.9 Å². The number of nitrogens with zero attached hydrogens (tertiary/aromatic N) is 3. The maximum Gasteiger partial charge on any atom is 0.417 e. The zero-order valence-corrected chi connectivity index (χ0v) is 20.1. The van der Waals surface area contributed by atoms with Crippen molar-refractivity contribution in [2.45, 2.75) is 24.7 Å². The Labute approximate surface area is 209 Å². The average Bonchev–Trinajstić information content (AvgIpc) is 3.28. The minimum absolute atomic E-state index is 0.00826. The van der Waals surface area contributed by atoms with E-state index in [1.807, 2.05) is 59.2 Å². The summed E-state index contributed by atoms with van der Waals surface area (Å²) in [6, 6.07) is 20.7. The predicted molar refractivity (Wildman–Crippen MR) is 132 cm³/mol. The molecule has 10 heteroatoms. The van der Waals surface area contributed by atoms with Gasteiger partial charge in [-0.3, -0.25) is 9.36 Å². The molecule has 35 heavy (non-hydrogen) atoms. The first-order valence-electron chi connectivity index (χ1n) is 10.7. The van der Waals surface area contributed by atoms with Crippen LogP contribution >= 0.6 is 23.4 Å². The van der Waals surface area contributed by atoms with Gasteiger partial charge in [0.25, 0.3) is 0 Å². The van der Waals surface area contributed by atoms with Crippen LogP contribution in [0.5, 0.6) is 0 Å². The normalized spacial score (nSPS) is 11.5. The lowest BCUT2D eigenvalue weighted by molar-refractivity contribution is -0.137. The quantitative estimate of drug-likeness (QED) is 0.271. The largest absolute Gasteiger partial charge is 0.417 e. The fourth-order valence-electron chi connectivity index (χ4n) is 3.40. The smallest absolute Gasteiger partial charge is 0.325 e. The van der Waals surface area contributed by atoms with E-state index in [4.69, 9.17) is 11.6 Å². The van der Waals surface area contributed by atoms with Crippen LogP contribution in [0.3, 0.4) is 0 Å². The van der Waals surface area contributed by atoms with Gasteiger partial charge in [-0.1, -0.05) is 72.8 Å². The first kappa shape index (κ1) is 24.8. The molecule has 1 heterocycles. The van der Waals surface area contributed by atoms with Gasteiger partial charge in [-0.15, -0.1) is 10.2 Å². The zero-order chi connectivity index (χ0) is 25.0. The summed E-state index contributed by atoms with van der Waals surface area (Å²) in [7, 11) is 0. The number of carbonyl (C=O) groups excluding carboxylic acids is 1. The Kier molecular flexibility index (Phi) is 7.47. The summed E-state index contributed by atoms with van der Waals surface area (Å²) in [6.45, 7) is 2.07. The number of alkyl halides is 3. The van der Waals surface area contributed by atoms with Crippen LogP contribution in [-0.4, -0.2) is 26.4 Å². The molecule has 3 aromatic carbocycles. The minimum Gasteiger partial charge on any atom is -0.325 e. The van der Waals surface area contributed by atoms with Gasteiger partial charge >= 0.3 is 6.18 Å². The number of hydrogen-bond donors (Lipinski definition) is 1. The molecule has 1 amide bonds. The SMILES string of the molecule is CCc1ccc(-n2c(SCC(=O)Nc3ccc(Cl)c(C(F)(F)F)c3)nnc2-c2ccccc2)cc1. The fourth-order valence-corrected chi connectivity index (χ4v) is 4.38. The van der Waals surface area contributed by atoms with E-state index >= 15 is 0 Å². The summed E-state index contributed by atoms with van der Waals surface area (Å²) >= 11 is 6.79. The Hall–Kier alpha value is -3.30. The number of aryl methyl sites for hydroxylation is 1. The van der Waals surface area contributed by atoms with Crippen molar-refractivity contribution in [1.82, 2.24) is 14.8 Å². The second-order valence-electron chi connectivity index (χ2n) is 7.56. The van der Waals surface area contributed by atoms with Crippen molar-refractivity contribution in [2.75, 3.05) is 11.1 Å². The van der Waals surface area contributed by atoms with Crippen LogP contribution in [0, 0.1) is 0 Å². The third kappa shape index (κ3) is 5.86. The van der Waals surface area contributed by atoms with Gasteiger partial charge in [-0.25, -0.2) is 0 Å². The molecule has 0 atom stereocenters. The second kappa shape index (κ2) is 10.5. The maximum absolute atomic E-state index is 13.1. The molecule has 1 aromatic heterocycles. The number of anilines is 1. The number of nitrogens with one attached hydrogen (secondary N) is 1. The summed E-state index contributed by atoms with van der Waals surface area (Å²) in [5.41, 5.74) is 1.87. The van der Waals surface area contributed by atoms with Crippen LogP contribution in [0.2, 0.25) is 5.02 Å². The molecule has 0 unspecified atom stereocenters. The van der Waals surface area contributed by atoms with E-state index in [-0.39, 0.29) is 11.4 Å². The molecule has 4 aromatic rings. The molecular weight excluding hydrogens is 497 g/mol. The van der Waals surface area contributed by atoms with Crippen molar-refractivity contribution in [2.24, 2.45) is 0 Å². The summed E-state index contributed by atoms with van der Waals surface area (Å²) < 4.78 is 41.2. The molecule has 0 aliphatic carbocycles. The van der Waals surface area contributed by atoms with E-state index in [9.17, 15) is 18.0 Å². The van der Waals surface area contributed by atoms with Crippen molar-refractivity contribution in [3.05, 3.63) is 88.9 Å². The number of hydrogen-bond acceptors (Lipinski definition) is 4. The highest BCUT2D eigenvalue weighted by Crippen LogP contribution is 2.36. The summed E-state index contributed by atoms with van der Waals surface area (Å²) in [5, 5.41) is 11.2. The highest BCUT2D eigenvalue weighted by atomic mass is 35.5. The predicted octanol–water partition coefficient (Wildman–Crippen LogP) is 6.90. The third-order valence-electron chi connectivity index (χ3n) is 5.16. The monoisotopic (exact) mass is 516 g/mol. The van der Waals surface area contributed by atoms with E-state index in [1.165, 1.54) is 11.6 Å². The molecule has 1 N–H and O–H groups in total. The molecular formula is C25H20ClF3N4OS. The molecule has 180 valence electrons. The second-order valence-corrected chi connectivity index (χ2v) is 8.91. The maximum atomic E-state index is 13.1. The Bertz CT molecular complexity index is 1330. The number of amides is 1. The van der Waals surface area contributed by atoms with Crippen molar-refractivity contribution in [3.8, 4) is 17.1 Å². The first-order valence-corrected chi connectivity index (χ1v) is 12.0. The topological polar surface area (TPSA) is 59.8 Å². The molecule has 0 saturated carbocycles. The molecule has 5 nitrogen and oxygen atoms in total. The number of halogens is 4. The summed E-state index contributed by atoms with van der Waals surface area (Å²) in [6.07, 6.45) is -3.72. The Morgan fingerprint density at radius 3 is 2.40 bits per heavy atom. The number of aromatic nitrogens is 3. The molecule has 0 radical (unpaired) electrons. The third-order valence-corrected chi connectivity index (χ3v) is 6.41. The lowest BCUT2D eigenvalue weighted by Crippen LogP contribution is -2.15. The van der Waals surface area contributed by atoms with E-state index in [0.717, 1.165) is 41.6 Å². The van der Waals surface area contributed by atoms with Crippen LogP contribution in [0.15, 0.2) is 78.0 Å². The van der Waals surface area contributed by atoms with Crippen molar-refractivity contribution >= 4 is 35.0 Å². The van der Waals surface area contributed by atoms with Crippen LogP contribution in [0.1, 0.15) is 18.1 Å². The van der Waals surface area contributed by atoms with Crippen LogP contribution in [0.25, 0.3) is 17.1 Å². The summed E-state index contributed by atoms with van der Waals surface area (Å²) in [4.78, 5) is 12.5. The van der Waals surface area contributed by atoms with E-state index in [1.54, 1.807) is 0 Å². The molecule has 0 aliphatic rings. The van der Waals surface area contributed by atoms with Gasteiger partial charge in [-0.2, -0.15) is 13.2 Å². The Morgan fingerprint density at radius 2 is 1.74 bits per heavy atom. The molecule has 0 spiro atoms. The van der Waals surface area contributed by atoms with Crippen molar-refractivity contribution in [1.29, 1.82) is 0 Å². The Balaban J connectivity index is 1.56. The average molecular weight is 517 g/mol. The lowest BCUT2D eigenvalue weighted by Gasteiger charge is -2.12. The summed E-state index contributed by atoms with van der Waals surface area (Å²) in [5.74, 6) is 0.0529. The highest BCUT2D eigenvalue weighted by Gasteiger charge is 2.33. The van der Waals surface area contributed by atoms with Gasteiger partial charge in [-0.05, 0) is 42.3 Å². The van der Waals surface area contributed by atoms with Crippen molar-refractivity contribution < 1.29 is 18.0 Å². The number of benzene rings is 3. The molecule has 0 aliphatic heterocycles. The van der Waals surface area contributed by atoms with Gasteiger partial charge in [0.05, 0.1) is 16.3 Å². The highest BCUT2D eigenvalue weighted by molar-refractivity contribution is 7.99. The van der Waals surface area contributed by atoms with Gasteiger partial charge in [0.15, 0.2) is 11.0 Å². The van der Waals surface area contributed by atoms with Crippen LogP contribution in [-0.2, 0) is 17.4 Å². The van der Waals surface area contributed by atoms with Gasteiger partial charge < -0.3 is 5.32 Å². The van der Waals surface area contributed by atoms with Crippen LogP contribution < -0.4 is 5.32 Å². The number of rotatable bonds is 7. The number of carbonyl (C=O) groups is 1. The molecule has 0 bridgehead atoms. The molecule has 0 fully saturated rings. The standard InChI is InChI=1S/C25H20ClF3N4OS/c1-2-16-8-11-19(12-9-16)33-23(17-6-4-3-5-7-17)31-32-24(33)35-15-22(34)30-18-10-13-21(26)20(14-18)25(27,28)29/h3-14H,2,15H2,1H3,(H,30,34). The fraction of sp³-hybridized carbons (Fsp3) is 0.160. The van der Waals surface area contributed by atoms with Gasteiger partial charge in [0.2, 0.25) is 5.91 Å². The van der Waals surface area contributed by atoms with Gasteiger partial charge in [0, 0.05) is 16.9 Å². The molecule has 0 saturated heterocycles. The van der Waals surface area contributed by atoms with E-state index in [2.05, 4.69) is 22.4 Å². The molecule has 4 rings (SSSR count).